The first-order valence-electron chi connectivity index (χ1n) is 12.8. The molecule has 2 atom stereocenters. The molecule has 10 heteroatoms. The van der Waals surface area contributed by atoms with Crippen LogP contribution in [-0.2, 0) is 30.7 Å². The van der Waals surface area contributed by atoms with E-state index in [9.17, 15) is 23.4 Å². The van der Waals surface area contributed by atoms with Gasteiger partial charge in [0.25, 0.3) is 0 Å². The Labute approximate surface area is 234 Å². The van der Waals surface area contributed by atoms with Crippen LogP contribution in [0.5, 0.6) is 23.0 Å². The number of hydrogen-bond donors (Lipinski definition) is 2. The molecule has 0 saturated heterocycles. The van der Waals surface area contributed by atoms with Crippen LogP contribution < -0.4 is 9.47 Å². The topological polar surface area (TPSA) is 129 Å². The van der Waals surface area contributed by atoms with Crippen molar-refractivity contribution in [3.63, 3.8) is 0 Å². The van der Waals surface area contributed by atoms with E-state index < -0.39 is 33.8 Å². The van der Waals surface area contributed by atoms with Crippen molar-refractivity contribution in [1.29, 1.82) is 0 Å². The van der Waals surface area contributed by atoms with Crippen molar-refractivity contribution in [3.05, 3.63) is 88.8 Å². The first kappa shape index (κ1) is 30.7. The molecule has 3 aromatic carbocycles. The number of phenolic OH excluding ortho intramolecular Hbond substituents is 2. The number of esters is 1. The Morgan fingerprint density at radius 2 is 1.57 bits per heavy atom. The van der Waals surface area contributed by atoms with E-state index >= 15 is 0 Å². The fraction of sp³-hybridized carbons (Fsp3) is 0.300. The molecule has 0 aliphatic rings. The molecule has 3 rings (SSSR count). The lowest BCUT2D eigenvalue weighted by Crippen LogP contribution is -2.31. The molecule has 3 aromatic rings. The summed E-state index contributed by atoms with van der Waals surface area (Å²) in [5.74, 6) is -1.12. The van der Waals surface area contributed by atoms with Crippen molar-refractivity contribution < 1.29 is 42.4 Å². The fourth-order valence-electron chi connectivity index (χ4n) is 3.95. The van der Waals surface area contributed by atoms with Crippen LogP contribution in [-0.4, -0.2) is 49.7 Å². The molecule has 214 valence electrons. The van der Waals surface area contributed by atoms with Crippen LogP contribution in [0.2, 0.25) is 0 Å². The maximum atomic E-state index is 13.0. The Morgan fingerprint density at radius 1 is 0.900 bits per heavy atom. The van der Waals surface area contributed by atoms with Gasteiger partial charge in [-0.2, -0.15) is 0 Å². The zero-order valence-corrected chi connectivity index (χ0v) is 23.5. The molecule has 0 aliphatic heterocycles. The van der Waals surface area contributed by atoms with Gasteiger partial charge in [0.1, 0.15) is 18.8 Å². The third-order valence-electron chi connectivity index (χ3n) is 5.71. The number of carbonyl (C=O) groups is 1. The quantitative estimate of drug-likeness (QED) is 0.199. The molecule has 0 saturated carbocycles. The third kappa shape index (κ3) is 9.11. The van der Waals surface area contributed by atoms with Crippen molar-refractivity contribution in [3.8, 4) is 23.0 Å². The minimum Gasteiger partial charge on any atom is -0.504 e. The SMILES string of the molecule is CCOC(CS(=O)(=O)C=Cc1ccc(OC(C)=O)c(O)c1)C(OCC)c1ccc(OCc2ccccc2)c(O)c1. The van der Waals surface area contributed by atoms with E-state index in [0.717, 1.165) is 11.0 Å². The Bertz CT molecular complexity index is 1400. The molecule has 0 heterocycles. The maximum absolute atomic E-state index is 13.0. The molecule has 40 heavy (non-hydrogen) atoms. The van der Waals surface area contributed by atoms with Gasteiger partial charge in [-0.1, -0.05) is 42.5 Å². The molecule has 0 aromatic heterocycles. The summed E-state index contributed by atoms with van der Waals surface area (Å²) in [6, 6.07) is 18.5. The van der Waals surface area contributed by atoms with Crippen LogP contribution in [0.25, 0.3) is 6.08 Å². The normalized spacial score (nSPS) is 13.2. The number of sulfone groups is 1. The summed E-state index contributed by atoms with van der Waals surface area (Å²) in [5.41, 5.74) is 1.88. The van der Waals surface area contributed by atoms with E-state index in [2.05, 4.69) is 0 Å². The van der Waals surface area contributed by atoms with Crippen LogP contribution in [0, 0.1) is 0 Å². The molecule has 2 unspecified atom stereocenters. The van der Waals surface area contributed by atoms with Gasteiger partial charge in [-0.25, -0.2) is 8.42 Å². The number of carbonyl (C=O) groups excluding carboxylic acids is 1. The molecule has 0 fully saturated rings. The van der Waals surface area contributed by atoms with Gasteiger partial charge in [0, 0.05) is 25.5 Å². The van der Waals surface area contributed by atoms with E-state index in [1.807, 2.05) is 30.3 Å². The zero-order valence-electron chi connectivity index (χ0n) is 22.6. The van der Waals surface area contributed by atoms with Gasteiger partial charge in [0.2, 0.25) is 0 Å². The maximum Gasteiger partial charge on any atom is 0.308 e. The van der Waals surface area contributed by atoms with Crippen LogP contribution in [0.1, 0.15) is 43.6 Å². The van der Waals surface area contributed by atoms with E-state index in [1.165, 1.54) is 37.3 Å². The summed E-state index contributed by atoms with van der Waals surface area (Å²) in [5, 5.41) is 21.7. The summed E-state index contributed by atoms with van der Waals surface area (Å²) in [6.45, 7) is 5.55. The predicted molar refractivity (Wildman–Crippen MR) is 151 cm³/mol. The molecule has 0 amide bonds. The number of benzene rings is 3. The third-order valence-corrected chi connectivity index (χ3v) is 7.06. The van der Waals surface area contributed by atoms with Crippen LogP contribution >= 0.6 is 0 Å². The van der Waals surface area contributed by atoms with Crippen molar-refractivity contribution in [2.24, 2.45) is 0 Å². The van der Waals surface area contributed by atoms with Crippen molar-refractivity contribution >= 4 is 21.9 Å². The largest absolute Gasteiger partial charge is 0.504 e. The monoisotopic (exact) mass is 570 g/mol. The van der Waals surface area contributed by atoms with Crippen LogP contribution in [0.4, 0.5) is 0 Å². The Kier molecular flexibility index (Phi) is 11.1. The predicted octanol–water partition coefficient (Wildman–Crippen LogP) is 5.17. The first-order valence-corrected chi connectivity index (χ1v) is 14.5. The first-order chi connectivity index (χ1) is 19.1. The van der Waals surface area contributed by atoms with E-state index in [1.54, 1.807) is 26.0 Å². The summed E-state index contributed by atoms with van der Waals surface area (Å²) >= 11 is 0. The van der Waals surface area contributed by atoms with Crippen molar-refractivity contribution in [2.75, 3.05) is 19.0 Å². The standard InChI is InChI=1S/C30H34O9S/c1-4-36-29(20-40(34,35)16-15-22-11-13-28(25(32)17-22)39-21(3)31)30(37-5-2)24-12-14-27(26(33)18-24)38-19-23-9-7-6-8-10-23/h6-18,29-30,32-33H,4-5,19-20H2,1-3H3. The lowest BCUT2D eigenvalue weighted by molar-refractivity contribution is -0.132. The van der Waals surface area contributed by atoms with Gasteiger partial charge in [0.05, 0.1) is 5.75 Å². The highest BCUT2D eigenvalue weighted by Gasteiger charge is 2.29. The Hall–Kier alpha value is -3.86. The lowest BCUT2D eigenvalue weighted by Gasteiger charge is -2.27. The molecular formula is C30H34O9S. The molecule has 0 radical (unpaired) electrons. The van der Waals surface area contributed by atoms with E-state index in [4.69, 9.17) is 18.9 Å². The minimum atomic E-state index is -3.81. The highest BCUT2D eigenvalue weighted by molar-refractivity contribution is 7.94. The summed E-state index contributed by atoms with van der Waals surface area (Å²) in [6.07, 6.45) is -0.334. The fourth-order valence-corrected chi connectivity index (χ4v) is 5.15. The van der Waals surface area contributed by atoms with Gasteiger partial charge >= 0.3 is 5.97 Å². The van der Waals surface area contributed by atoms with Gasteiger partial charge < -0.3 is 29.2 Å². The van der Waals surface area contributed by atoms with Crippen LogP contribution in [0.15, 0.2) is 72.1 Å². The molecule has 2 N–H and O–H groups in total. The number of hydrogen-bond acceptors (Lipinski definition) is 9. The molecule has 9 nitrogen and oxygen atoms in total. The zero-order chi connectivity index (χ0) is 29.1. The summed E-state index contributed by atoms with van der Waals surface area (Å²) in [7, 11) is -3.81. The number of phenols is 2. The molecular weight excluding hydrogens is 536 g/mol. The number of ether oxygens (including phenoxy) is 4. The average molecular weight is 571 g/mol. The van der Waals surface area contributed by atoms with Gasteiger partial charge in [-0.15, -0.1) is 0 Å². The summed E-state index contributed by atoms with van der Waals surface area (Å²) < 4.78 is 48.4. The van der Waals surface area contributed by atoms with E-state index in [-0.39, 0.29) is 42.8 Å². The Morgan fingerprint density at radius 3 is 2.20 bits per heavy atom. The lowest BCUT2D eigenvalue weighted by atomic mass is 10.0. The van der Waals surface area contributed by atoms with Gasteiger partial charge in [-0.05, 0) is 60.9 Å². The summed E-state index contributed by atoms with van der Waals surface area (Å²) in [4.78, 5) is 11.1. The van der Waals surface area contributed by atoms with Crippen molar-refractivity contribution in [2.45, 2.75) is 39.6 Å². The second-order valence-electron chi connectivity index (χ2n) is 8.82. The van der Waals surface area contributed by atoms with Gasteiger partial charge in [-0.3, -0.25) is 4.79 Å². The minimum absolute atomic E-state index is 0.0248. The van der Waals surface area contributed by atoms with E-state index in [0.29, 0.717) is 11.1 Å². The smallest absolute Gasteiger partial charge is 0.308 e. The van der Waals surface area contributed by atoms with Crippen molar-refractivity contribution in [1.82, 2.24) is 0 Å². The molecule has 0 aliphatic carbocycles. The highest BCUT2D eigenvalue weighted by atomic mass is 32.2. The van der Waals surface area contributed by atoms with Gasteiger partial charge in [0.15, 0.2) is 32.8 Å². The molecule has 0 bridgehead atoms. The number of aromatic hydroxyl groups is 2. The second-order valence-corrected chi connectivity index (χ2v) is 10.8. The molecule has 0 spiro atoms. The Balaban J connectivity index is 1.77. The number of rotatable bonds is 14. The average Bonchev–Trinajstić information content (AvgIpc) is 2.91. The van der Waals surface area contributed by atoms with Crippen LogP contribution in [0.3, 0.4) is 0 Å². The second kappa shape index (κ2) is 14.5. The highest BCUT2D eigenvalue weighted by Crippen LogP contribution is 2.34.